The quantitative estimate of drug-likeness (QED) is 0.363. The van der Waals surface area contributed by atoms with Gasteiger partial charge < -0.3 is 23.9 Å². The number of ether oxygens (including phenoxy) is 3. The topological polar surface area (TPSA) is 95.7 Å². The van der Waals surface area contributed by atoms with E-state index in [9.17, 15) is 9.90 Å². The average Bonchev–Trinajstić information content (AvgIpc) is 3.56. The predicted octanol–water partition coefficient (Wildman–Crippen LogP) is 5.19. The number of benzene rings is 3. The summed E-state index contributed by atoms with van der Waals surface area (Å²) in [6.07, 6.45) is 0. The summed E-state index contributed by atoms with van der Waals surface area (Å²) < 4.78 is 27.1. The van der Waals surface area contributed by atoms with Gasteiger partial charge in [-0.3, -0.25) is 0 Å². The van der Waals surface area contributed by atoms with E-state index < -0.39 is 5.97 Å². The fraction of sp³-hybridized carbons (Fsp3) is 0.160. The minimum absolute atomic E-state index is 0.148. The molecule has 1 N–H and O–H groups in total. The first-order valence-corrected chi connectivity index (χ1v) is 11.5. The van der Waals surface area contributed by atoms with E-state index in [0.29, 0.717) is 36.0 Å². The minimum Gasteiger partial charge on any atom is -0.494 e. The monoisotopic (exact) mass is 473 g/mol. The Morgan fingerprint density at radius 3 is 2.76 bits per heavy atom. The molecule has 0 atom stereocenters. The van der Waals surface area contributed by atoms with Gasteiger partial charge in [0.2, 0.25) is 6.79 Å². The van der Waals surface area contributed by atoms with Crippen molar-refractivity contribution in [3.63, 3.8) is 0 Å². The number of carboxylic acids is 1. The van der Waals surface area contributed by atoms with Crippen LogP contribution in [0.1, 0.15) is 23.0 Å². The maximum Gasteiger partial charge on any atom is 0.353 e. The number of hydrogen-bond acceptors (Lipinski definition) is 7. The Balaban J connectivity index is 1.59. The third-order valence-corrected chi connectivity index (χ3v) is 6.43. The van der Waals surface area contributed by atoms with Crippen LogP contribution >= 0.6 is 11.7 Å². The highest BCUT2D eigenvalue weighted by molar-refractivity contribution is 7.00. The normalized spacial score (nSPS) is 12.5. The van der Waals surface area contributed by atoms with Gasteiger partial charge in [-0.2, -0.15) is 8.75 Å². The van der Waals surface area contributed by atoms with Gasteiger partial charge in [-0.1, -0.05) is 12.1 Å². The van der Waals surface area contributed by atoms with Crippen molar-refractivity contribution in [2.45, 2.75) is 13.5 Å². The zero-order chi connectivity index (χ0) is 23.2. The second kappa shape index (κ2) is 8.03. The number of rotatable bonds is 6. The van der Waals surface area contributed by atoms with Crippen LogP contribution < -0.4 is 14.2 Å². The first-order chi connectivity index (χ1) is 16.6. The van der Waals surface area contributed by atoms with Crippen molar-refractivity contribution in [2.75, 3.05) is 13.4 Å². The molecular weight excluding hydrogens is 454 g/mol. The van der Waals surface area contributed by atoms with Crippen molar-refractivity contribution in [1.82, 2.24) is 13.3 Å². The molecule has 0 saturated heterocycles. The Morgan fingerprint density at radius 1 is 1.06 bits per heavy atom. The summed E-state index contributed by atoms with van der Waals surface area (Å²) in [5.41, 5.74) is 4.89. The van der Waals surface area contributed by atoms with Crippen LogP contribution in [0.15, 0.2) is 54.6 Å². The van der Waals surface area contributed by atoms with Crippen molar-refractivity contribution >= 4 is 39.6 Å². The van der Waals surface area contributed by atoms with E-state index in [1.54, 1.807) is 0 Å². The number of hydrogen-bond donors (Lipinski definition) is 1. The molecular formula is C25H19N3O5S. The van der Waals surface area contributed by atoms with Crippen LogP contribution in [0, 0.1) is 0 Å². The largest absolute Gasteiger partial charge is 0.494 e. The molecule has 0 aliphatic carbocycles. The fourth-order valence-corrected chi connectivity index (χ4v) is 4.95. The van der Waals surface area contributed by atoms with Gasteiger partial charge in [0, 0.05) is 23.0 Å². The molecule has 1 aliphatic heterocycles. The summed E-state index contributed by atoms with van der Waals surface area (Å²) in [6.45, 7) is 2.94. The molecule has 1 aliphatic rings. The zero-order valence-corrected chi connectivity index (χ0v) is 19.0. The second-order valence-corrected chi connectivity index (χ2v) is 8.41. The molecule has 34 heavy (non-hydrogen) atoms. The minimum atomic E-state index is -1.02. The highest BCUT2D eigenvalue weighted by Gasteiger charge is 2.26. The molecule has 170 valence electrons. The highest BCUT2D eigenvalue weighted by Crippen LogP contribution is 2.42. The summed E-state index contributed by atoms with van der Waals surface area (Å²) in [5.74, 6) is 0.904. The molecule has 0 bridgehead atoms. The lowest BCUT2D eigenvalue weighted by atomic mass is 10.0. The van der Waals surface area contributed by atoms with Gasteiger partial charge in [0.05, 0.1) is 18.3 Å². The summed E-state index contributed by atoms with van der Waals surface area (Å²) in [6, 6.07) is 17.0. The van der Waals surface area contributed by atoms with Crippen molar-refractivity contribution in [3.05, 3.63) is 65.9 Å². The first kappa shape index (κ1) is 20.5. The molecule has 0 spiro atoms. The van der Waals surface area contributed by atoms with Gasteiger partial charge in [0.1, 0.15) is 22.5 Å². The maximum atomic E-state index is 12.7. The molecule has 0 saturated carbocycles. The van der Waals surface area contributed by atoms with Gasteiger partial charge in [-0.05, 0) is 60.5 Å². The summed E-state index contributed by atoms with van der Waals surface area (Å²) in [5, 5.41) is 11.2. The smallest absolute Gasteiger partial charge is 0.353 e. The molecule has 2 aromatic heterocycles. The third kappa shape index (κ3) is 3.32. The summed E-state index contributed by atoms with van der Waals surface area (Å²) in [4.78, 5) is 12.7. The molecule has 0 unspecified atom stereocenters. The van der Waals surface area contributed by atoms with Crippen LogP contribution in [0.4, 0.5) is 0 Å². The molecule has 0 fully saturated rings. The van der Waals surface area contributed by atoms with Crippen LogP contribution in [0.2, 0.25) is 0 Å². The molecule has 5 aromatic rings. The van der Waals surface area contributed by atoms with Gasteiger partial charge in [0.15, 0.2) is 11.5 Å². The lowest BCUT2D eigenvalue weighted by Crippen LogP contribution is -2.10. The van der Waals surface area contributed by atoms with Crippen LogP contribution in [0.5, 0.6) is 17.2 Å². The van der Waals surface area contributed by atoms with Crippen LogP contribution in [-0.4, -0.2) is 37.8 Å². The van der Waals surface area contributed by atoms with Crippen LogP contribution in [-0.2, 0) is 6.54 Å². The lowest BCUT2D eigenvalue weighted by Gasteiger charge is -2.10. The first-order valence-electron chi connectivity index (χ1n) is 10.8. The molecule has 0 amide bonds. The van der Waals surface area contributed by atoms with Gasteiger partial charge >= 0.3 is 5.97 Å². The van der Waals surface area contributed by atoms with Crippen LogP contribution in [0.25, 0.3) is 33.1 Å². The van der Waals surface area contributed by atoms with E-state index in [2.05, 4.69) is 8.75 Å². The number of aromatic carboxylic acids is 1. The van der Waals surface area contributed by atoms with E-state index in [1.807, 2.05) is 66.1 Å². The van der Waals surface area contributed by atoms with E-state index in [-0.39, 0.29) is 12.5 Å². The van der Waals surface area contributed by atoms with Crippen molar-refractivity contribution < 1.29 is 24.1 Å². The predicted molar refractivity (Wildman–Crippen MR) is 128 cm³/mol. The third-order valence-electron chi connectivity index (χ3n) is 5.87. The Hall–Kier alpha value is -4.11. The SMILES string of the molecule is CCOc1ccc2c(c1)c(-c1ccc3c(c1)OCO3)c(C(=O)O)n2Cc1ccc2nsnc2c1. The lowest BCUT2D eigenvalue weighted by molar-refractivity contribution is 0.0687. The summed E-state index contributed by atoms with van der Waals surface area (Å²) >= 11 is 1.16. The van der Waals surface area contributed by atoms with E-state index in [4.69, 9.17) is 14.2 Å². The maximum absolute atomic E-state index is 12.7. The summed E-state index contributed by atoms with van der Waals surface area (Å²) in [7, 11) is 0. The van der Waals surface area contributed by atoms with Gasteiger partial charge in [0.25, 0.3) is 0 Å². The van der Waals surface area contributed by atoms with Gasteiger partial charge in [-0.25, -0.2) is 4.79 Å². The van der Waals surface area contributed by atoms with Crippen molar-refractivity contribution in [1.29, 1.82) is 0 Å². The average molecular weight is 474 g/mol. The Labute approximate surface area is 198 Å². The highest BCUT2D eigenvalue weighted by atomic mass is 32.1. The molecule has 3 aromatic carbocycles. The number of carboxylic acid groups (broad SMARTS) is 1. The van der Waals surface area contributed by atoms with Crippen molar-refractivity contribution in [2.24, 2.45) is 0 Å². The standard InChI is InChI=1S/C25H19N3O5S/c1-2-31-16-5-7-20-17(11-16)23(15-4-8-21-22(10-15)33-13-32-21)24(25(29)30)28(20)12-14-3-6-18-19(9-14)27-34-26-18/h3-11H,2,12-13H2,1H3,(H,29,30). The van der Waals surface area contributed by atoms with E-state index in [1.165, 1.54) is 0 Å². The number of nitrogens with zero attached hydrogens (tertiary/aromatic N) is 3. The second-order valence-electron chi connectivity index (χ2n) is 7.88. The zero-order valence-electron chi connectivity index (χ0n) is 18.1. The van der Waals surface area contributed by atoms with E-state index >= 15 is 0 Å². The molecule has 0 radical (unpaired) electrons. The van der Waals surface area contributed by atoms with Crippen molar-refractivity contribution in [3.8, 4) is 28.4 Å². The molecule has 9 heteroatoms. The van der Waals surface area contributed by atoms with Crippen LogP contribution in [0.3, 0.4) is 0 Å². The number of fused-ring (bicyclic) bond motifs is 3. The fourth-order valence-electron chi connectivity index (χ4n) is 4.43. The number of aromatic nitrogens is 3. The number of carbonyl (C=O) groups is 1. The Bertz CT molecular complexity index is 1570. The molecule has 8 nitrogen and oxygen atoms in total. The molecule has 3 heterocycles. The molecule has 6 rings (SSSR count). The Morgan fingerprint density at radius 2 is 1.91 bits per heavy atom. The van der Waals surface area contributed by atoms with E-state index in [0.717, 1.165) is 44.8 Å². The van der Waals surface area contributed by atoms with Gasteiger partial charge in [-0.15, -0.1) is 0 Å². The Kier molecular flexibility index (Phi) is 4.84.